The lowest BCUT2D eigenvalue weighted by Gasteiger charge is -2.26. The molecule has 1 aromatic carbocycles. The molecular formula is C12H17F3O3Si. The molecule has 0 aliphatic carbocycles. The lowest BCUT2D eigenvalue weighted by Crippen LogP contribution is -2.46. The van der Waals surface area contributed by atoms with Crippen molar-refractivity contribution in [1.82, 2.24) is 0 Å². The van der Waals surface area contributed by atoms with E-state index in [-0.39, 0.29) is 6.04 Å². The van der Waals surface area contributed by atoms with Crippen molar-refractivity contribution in [3.05, 3.63) is 35.4 Å². The molecule has 0 aliphatic heterocycles. The molecule has 0 saturated heterocycles. The standard InChI is InChI=1S/C12H17F3O3Si/c1-4-18-19(16-2,17-3)9-10-6-5-7-11(8-10)12(13,14)15/h5-8H,4,9H2,1-3H3. The first-order valence-electron chi connectivity index (χ1n) is 5.77. The smallest absolute Gasteiger partial charge is 0.377 e. The number of alkyl halides is 3. The molecule has 19 heavy (non-hydrogen) atoms. The van der Waals surface area contributed by atoms with Gasteiger partial charge in [0.2, 0.25) is 0 Å². The Bertz CT molecular complexity index is 405. The summed E-state index contributed by atoms with van der Waals surface area (Å²) in [5.74, 6) is 0. The fraction of sp³-hybridized carbons (Fsp3) is 0.500. The largest absolute Gasteiger partial charge is 0.504 e. The topological polar surface area (TPSA) is 27.7 Å². The van der Waals surface area contributed by atoms with Crippen LogP contribution >= 0.6 is 0 Å². The monoisotopic (exact) mass is 294 g/mol. The molecule has 0 unspecified atom stereocenters. The molecule has 1 aromatic rings. The summed E-state index contributed by atoms with van der Waals surface area (Å²) in [5, 5.41) is 0. The van der Waals surface area contributed by atoms with Crippen LogP contribution in [0, 0.1) is 0 Å². The Morgan fingerprint density at radius 3 is 2.26 bits per heavy atom. The quantitative estimate of drug-likeness (QED) is 0.755. The number of rotatable bonds is 6. The van der Waals surface area contributed by atoms with Gasteiger partial charge in [-0.2, -0.15) is 13.2 Å². The van der Waals surface area contributed by atoms with E-state index in [1.807, 2.05) is 0 Å². The predicted molar refractivity (Wildman–Crippen MR) is 66.5 cm³/mol. The summed E-state index contributed by atoms with van der Waals surface area (Å²) in [4.78, 5) is 0. The zero-order chi connectivity index (χ0) is 14.5. The minimum atomic E-state index is -4.36. The summed E-state index contributed by atoms with van der Waals surface area (Å²) in [7, 11) is -0.0468. The van der Waals surface area contributed by atoms with Crippen LogP contribution in [0.2, 0.25) is 0 Å². The van der Waals surface area contributed by atoms with Crippen molar-refractivity contribution in [1.29, 1.82) is 0 Å². The van der Waals surface area contributed by atoms with Gasteiger partial charge in [0.1, 0.15) is 0 Å². The van der Waals surface area contributed by atoms with Crippen LogP contribution in [0.3, 0.4) is 0 Å². The van der Waals surface area contributed by atoms with Crippen molar-refractivity contribution in [2.24, 2.45) is 0 Å². The first kappa shape index (κ1) is 16.2. The summed E-state index contributed by atoms with van der Waals surface area (Å²) in [6.07, 6.45) is -4.36. The number of hydrogen-bond acceptors (Lipinski definition) is 3. The van der Waals surface area contributed by atoms with Gasteiger partial charge < -0.3 is 13.3 Å². The van der Waals surface area contributed by atoms with E-state index in [0.717, 1.165) is 12.1 Å². The third-order valence-corrected chi connectivity index (χ3v) is 5.47. The van der Waals surface area contributed by atoms with Crippen molar-refractivity contribution in [3.8, 4) is 0 Å². The highest BCUT2D eigenvalue weighted by Gasteiger charge is 2.39. The van der Waals surface area contributed by atoms with Gasteiger partial charge in [0.05, 0.1) is 5.56 Å². The van der Waals surface area contributed by atoms with Gasteiger partial charge in [0, 0.05) is 26.9 Å². The lowest BCUT2D eigenvalue weighted by atomic mass is 10.1. The molecule has 0 heterocycles. The van der Waals surface area contributed by atoms with Crippen molar-refractivity contribution >= 4 is 8.80 Å². The normalized spacial score (nSPS) is 12.7. The maximum atomic E-state index is 12.6. The molecule has 0 atom stereocenters. The Morgan fingerprint density at radius 1 is 1.16 bits per heavy atom. The molecule has 0 fully saturated rings. The van der Waals surface area contributed by atoms with Crippen LogP contribution in [0.4, 0.5) is 13.2 Å². The Morgan fingerprint density at radius 2 is 1.79 bits per heavy atom. The van der Waals surface area contributed by atoms with Crippen molar-refractivity contribution in [2.45, 2.75) is 19.1 Å². The number of benzene rings is 1. The van der Waals surface area contributed by atoms with Crippen molar-refractivity contribution < 1.29 is 26.4 Å². The highest BCUT2D eigenvalue weighted by Crippen LogP contribution is 2.30. The van der Waals surface area contributed by atoms with E-state index in [0.29, 0.717) is 12.2 Å². The summed E-state index contributed by atoms with van der Waals surface area (Å²) in [6, 6.07) is 5.31. The molecule has 0 amide bonds. The van der Waals surface area contributed by atoms with E-state index < -0.39 is 20.5 Å². The van der Waals surface area contributed by atoms with E-state index in [1.165, 1.54) is 20.3 Å². The average Bonchev–Trinajstić information content (AvgIpc) is 2.37. The Kier molecular flexibility index (Phi) is 5.54. The van der Waals surface area contributed by atoms with Gasteiger partial charge in [-0.3, -0.25) is 0 Å². The summed E-state index contributed by atoms with van der Waals surface area (Å²) in [5.41, 5.74) is -0.199. The SMILES string of the molecule is CCO[Si](Cc1cccc(C(F)(F)F)c1)(OC)OC. The molecule has 0 bridgehead atoms. The fourth-order valence-corrected chi connectivity index (χ4v) is 3.68. The molecule has 108 valence electrons. The third kappa shape index (κ3) is 4.31. The zero-order valence-electron chi connectivity index (χ0n) is 11.1. The van der Waals surface area contributed by atoms with Crippen LogP contribution in [0.5, 0.6) is 0 Å². The molecule has 0 aromatic heterocycles. The minimum Gasteiger partial charge on any atom is -0.377 e. The van der Waals surface area contributed by atoms with E-state index in [2.05, 4.69) is 0 Å². The van der Waals surface area contributed by atoms with Gasteiger partial charge in [-0.1, -0.05) is 18.2 Å². The molecule has 0 N–H and O–H groups in total. The van der Waals surface area contributed by atoms with Gasteiger partial charge in [-0.05, 0) is 18.6 Å². The first-order valence-corrected chi connectivity index (χ1v) is 7.70. The maximum absolute atomic E-state index is 12.6. The van der Waals surface area contributed by atoms with Gasteiger partial charge in [-0.15, -0.1) is 0 Å². The number of hydrogen-bond donors (Lipinski definition) is 0. The molecule has 7 heteroatoms. The van der Waals surface area contributed by atoms with Crippen molar-refractivity contribution in [2.75, 3.05) is 20.8 Å². The fourth-order valence-electron chi connectivity index (χ4n) is 1.72. The highest BCUT2D eigenvalue weighted by atomic mass is 28.4. The van der Waals surface area contributed by atoms with E-state index in [4.69, 9.17) is 13.3 Å². The summed E-state index contributed by atoms with van der Waals surface area (Å²) in [6.45, 7) is 2.17. The molecule has 0 radical (unpaired) electrons. The van der Waals surface area contributed by atoms with E-state index >= 15 is 0 Å². The van der Waals surface area contributed by atoms with Crippen LogP contribution in [-0.4, -0.2) is 29.6 Å². The predicted octanol–water partition coefficient (Wildman–Crippen LogP) is 3.06. The molecule has 3 nitrogen and oxygen atoms in total. The van der Waals surface area contributed by atoms with E-state index in [1.54, 1.807) is 13.0 Å². The Balaban J connectivity index is 2.97. The van der Waals surface area contributed by atoms with Gasteiger partial charge >= 0.3 is 15.0 Å². The van der Waals surface area contributed by atoms with Crippen molar-refractivity contribution in [3.63, 3.8) is 0 Å². The highest BCUT2D eigenvalue weighted by molar-refractivity contribution is 6.60. The van der Waals surface area contributed by atoms with Crippen LogP contribution in [0.25, 0.3) is 0 Å². The maximum Gasteiger partial charge on any atom is 0.504 e. The molecule has 0 spiro atoms. The second-order valence-corrected chi connectivity index (χ2v) is 6.72. The van der Waals surface area contributed by atoms with Gasteiger partial charge in [0.25, 0.3) is 0 Å². The molecule has 0 aliphatic rings. The van der Waals surface area contributed by atoms with Crippen LogP contribution < -0.4 is 0 Å². The second kappa shape index (κ2) is 6.51. The van der Waals surface area contributed by atoms with Gasteiger partial charge in [-0.25, -0.2) is 0 Å². The Hall–Kier alpha value is -0.893. The minimum absolute atomic E-state index is 0.206. The first-order chi connectivity index (χ1) is 8.87. The summed E-state index contributed by atoms with van der Waals surface area (Å²) < 4.78 is 53.9. The second-order valence-electron chi connectivity index (χ2n) is 3.90. The average molecular weight is 294 g/mol. The summed E-state index contributed by atoms with van der Waals surface area (Å²) >= 11 is 0. The molecular weight excluding hydrogens is 277 g/mol. The molecule has 0 saturated carbocycles. The number of halogens is 3. The Labute approximate surface area is 111 Å². The van der Waals surface area contributed by atoms with E-state index in [9.17, 15) is 13.2 Å². The van der Waals surface area contributed by atoms with Crippen LogP contribution in [0.1, 0.15) is 18.1 Å². The van der Waals surface area contributed by atoms with Gasteiger partial charge in [0.15, 0.2) is 0 Å². The molecule has 1 rings (SSSR count). The lowest BCUT2D eigenvalue weighted by molar-refractivity contribution is -0.137. The van der Waals surface area contributed by atoms with Crippen LogP contribution in [-0.2, 0) is 25.5 Å². The zero-order valence-corrected chi connectivity index (χ0v) is 12.1. The van der Waals surface area contributed by atoms with Crippen LogP contribution in [0.15, 0.2) is 24.3 Å². The third-order valence-electron chi connectivity index (χ3n) is 2.66.